The Morgan fingerprint density at radius 2 is 2.00 bits per heavy atom. The third-order valence-electron chi connectivity index (χ3n) is 2.69. The van der Waals surface area contributed by atoms with E-state index < -0.39 is 21.3 Å². The van der Waals surface area contributed by atoms with Gasteiger partial charge in [-0.15, -0.1) is 0 Å². The molecule has 0 saturated carbocycles. The van der Waals surface area contributed by atoms with E-state index in [0.717, 1.165) is 11.8 Å². The molecule has 0 aliphatic rings. The maximum atomic E-state index is 12.9. The van der Waals surface area contributed by atoms with Crippen LogP contribution in [-0.4, -0.2) is 26.1 Å². The number of hydrogen-bond acceptors (Lipinski definition) is 3. The first-order valence-electron chi connectivity index (χ1n) is 5.33. The Hall–Kier alpha value is -1.67. The van der Waals surface area contributed by atoms with Crippen LogP contribution in [0.1, 0.15) is 12.0 Å². The lowest BCUT2D eigenvalue weighted by molar-refractivity contribution is 0.424. The lowest BCUT2D eigenvalue weighted by Crippen LogP contribution is -2.38. The van der Waals surface area contributed by atoms with Crippen molar-refractivity contribution < 1.29 is 12.8 Å². The molecule has 0 aliphatic heterocycles. The van der Waals surface area contributed by atoms with Gasteiger partial charge in [0, 0.05) is 12.7 Å². The van der Waals surface area contributed by atoms with Gasteiger partial charge >= 0.3 is 0 Å². The van der Waals surface area contributed by atoms with Gasteiger partial charge in [-0.3, -0.25) is 0 Å². The van der Waals surface area contributed by atoms with Gasteiger partial charge in [0.1, 0.15) is 6.67 Å². The van der Waals surface area contributed by atoms with Gasteiger partial charge in [0.15, 0.2) is 14.6 Å². The van der Waals surface area contributed by atoms with Crippen LogP contribution in [0.3, 0.4) is 0 Å². The maximum Gasteiger partial charge on any atom is 0.189 e. The van der Waals surface area contributed by atoms with E-state index in [0.29, 0.717) is 0 Å². The van der Waals surface area contributed by atoms with Crippen LogP contribution in [-0.2, 0) is 9.84 Å². The highest BCUT2D eigenvalue weighted by atomic mass is 32.2. The van der Waals surface area contributed by atoms with E-state index >= 15 is 0 Å². The summed E-state index contributed by atoms with van der Waals surface area (Å²) in [7, 11) is -3.77. The minimum absolute atomic E-state index is 0.159. The van der Waals surface area contributed by atoms with Gasteiger partial charge in [-0.1, -0.05) is 42.5 Å². The number of hydrogen-bond donors (Lipinski definition) is 0. The summed E-state index contributed by atoms with van der Waals surface area (Å²) in [5, 5.41) is 8.91. The zero-order valence-corrected chi connectivity index (χ0v) is 10.8. The first-order chi connectivity index (χ1) is 8.45. The first-order valence-corrected chi connectivity index (χ1v) is 7.23. The third kappa shape index (κ3) is 3.17. The monoisotopic (exact) mass is 267 g/mol. The summed E-state index contributed by atoms with van der Waals surface area (Å²) in [5.41, 5.74) is 0.872. The summed E-state index contributed by atoms with van der Waals surface area (Å²) in [6.07, 6.45) is 3.91. The molecule has 18 heavy (non-hydrogen) atoms. The van der Waals surface area contributed by atoms with Crippen LogP contribution in [0.4, 0.5) is 4.39 Å². The van der Waals surface area contributed by atoms with Crippen molar-refractivity contribution in [3.8, 4) is 6.07 Å². The molecule has 0 spiro atoms. The van der Waals surface area contributed by atoms with Gasteiger partial charge in [0.05, 0.1) is 6.07 Å². The number of alkyl halides is 1. The second kappa shape index (κ2) is 5.78. The molecule has 0 bridgehead atoms. The topological polar surface area (TPSA) is 57.9 Å². The lowest BCUT2D eigenvalue weighted by atomic mass is 10.1. The minimum Gasteiger partial charge on any atom is -0.248 e. The maximum absolute atomic E-state index is 12.9. The molecule has 1 aromatic carbocycles. The van der Waals surface area contributed by atoms with E-state index in [4.69, 9.17) is 5.26 Å². The van der Waals surface area contributed by atoms with Gasteiger partial charge in [-0.25, -0.2) is 12.8 Å². The molecule has 0 saturated heterocycles. The molecule has 0 aromatic heterocycles. The summed E-state index contributed by atoms with van der Waals surface area (Å²) < 4.78 is 33.8. The highest BCUT2D eigenvalue weighted by Gasteiger charge is 2.40. The zero-order chi connectivity index (χ0) is 13.6. The normalized spacial score (nSPS) is 15.2. The Balaban J connectivity index is 2.89. The lowest BCUT2D eigenvalue weighted by Gasteiger charge is -2.18. The van der Waals surface area contributed by atoms with E-state index in [1.807, 2.05) is 30.3 Å². The molecule has 1 atom stereocenters. The van der Waals surface area contributed by atoms with Crippen LogP contribution in [0.25, 0.3) is 6.08 Å². The average molecular weight is 267 g/mol. The summed E-state index contributed by atoms with van der Waals surface area (Å²) in [6, 6.07) is 10.8. The number of nitrogens with zero attached hydrogens (tertiary/aromatic N) is 1. The van der Waals surface area contributed by atoms with Gasteiger partial charge < -0.3 is 0 Å². The van der Waals surface area contributed by atoms with E-state index in [9.17, 15) is 12.8 Å². The average Bonchev–Trinajstić information content (AvgIpc) is 2.35. The second-order valence-electron chi connectivity index (χ2n) is 4.03. The Kier molecular flexibility index (Phi) is 4.62. The van der Waals surface area contributed by atoms with E-state index in [1.54, 1.807) is 12.1 Å². The second-order valence-corrected chi connectivity index (χ2v) is 6.35. The zero-order valence-electron chi connectivity index (χ0n) is 10.0. The molecule has 0 fully saturated rings. The van der Waals surface area contributed by atoms with E-state index in [1.165, 1.54) is 6.08 Å². The first kappa shape index (κ1) is 14.4. The molecular weight excluding hydrogens is 253 g/mol. The highest BCUT2D eigenvalue weighted by Crippen LogP contribution is 2.22. The van der Waals surface area contributed by atoms with Gasteiger partial charge in [-0.2, -0.15) is 5.26 Å². The molecule has 96 valence electrons. The molecule has 0 radical (unpaired) electrons. The number of sulfone groups is 1. The molecule has 0 aliphatic carbocycles. The van der Waals surface area contributed by atoms with Crippen LogP contribution < -0.4 is 0 Å². The smallest absolute Gasteiger partial charge is 0.189 e. The van der Waals surface area contributed by atoms with Crippen molar-refractivity contribution in [1.82, 2.24) is 0 Å². The van der Waals surface area contributed by atoms with Crippen molar-refractivity contribution in [2.75, 3.05) is 12.9 Å². The third-order valence-corrected chi connectivity index (χ3v) is 4.47. The molecule has 0 amide bonds. The molecule has 0 N–H and O–H groups in total. The van der Waals surface area contributed by atoms with Crippen LogP contribution in [0.5, 0.6) is 0 Å². The summed E-state index contributed by atoms with van der Waals surface area (Å²) in [5.74, 6) is 0. The van der Waals surface area contributed by atoms with E-state index in [2.05, 4.69) is 0 Å². The Labute approximate surface area is 106 Å². The fraction of sp³-hybridized carbons (Fsp3) is 0.308. The number of allylic oxidation sites excluding steroid dienone is 1. The van der Waals surface area contributed by atoms with Crippen molar-refractivity contribution in [1.29, 1.82) is 5.26 Å². The minimum atomic E-state index is -3.77. The van der Waals surface area contributed by atoms with Gasteiger partial charge in [0.25, 0.3) is 0 Å². The molecule has 1 aromatic rings. The fourth-order valence-corrected chi connectivity index (χ4v) is 2.18. The Morgan fingerprint density at radius 3 is 2.44 bits per heavy atom. The fourth-order valence-electron chi connectivity index (χ4n) is 1.41. The van der Waals surface area contributed by atoms with Crippen molar-refractivity contribution in [3.63, 3.8) is 0 Å². The van der Waals surface area contributed by atoms with Crippen LogP contribution >= 0.6 is 0 Å². The molecule has 0 heterocycles. The molecular formula is C13H14FNO2S. The number of rotatable bonds is 5. The largest absolute Gasteiger partial charge is 0.248 e. The Bertz CT molecular complexity index is 560. The van der Waals surface area contributed by atoms with Gasteiger partial charge in [-0.05, 0) is 5.56 Å². The highest BCUT2D eigenvalue weighted by molar-refractivity contribution is 7.92. The predicted molar refractivity (Wildman–Crippen MR) is 69.3 cm³/mol. The molecule has 1 rings (SSSR count). The van der Waals surface area contributed by atoms with Crippen LogP contribution in [0, 0.1) is 11.3 Å². The standard InChI is InChI=1S/C13H14FNO2S/c1-18(16,17)13(10-14,11-15)9-5-8-12-6-3-2-4-7-12/h2-8H,9-10H2,1H3/b8-5+. The summed E-state index contributed by atoms with van der Waals surface area (Å²) >= 11 is 0. The summed E-state index contributed by atoms with van der Waals surface area (Å²) in [6.45, 7) is -1.21. The van der Waals surface area contributed by atoms with Crippen molar-refractivity contribution in [3.05, 3.63) is 42.0 Å². The predicted octanol–water partition coefficient (Wildman–Crippen LogP) is 2.37. The van der Waals surface area contributed by atoms with Crippen molar-refractivity contribution in [2.24, 2.45) is 0 Å². The quantitative estimate of drug-likeness (QED) is 0.823. The molecule has 3 nitrogen and oxygen atoms in total. The van der Waals surface area contributed by atoms with Crippen LogP contribution in [0.2, 0.25) is 0 Å². The molecule has 5 heteroatoms. The Morgan fingerprint density at radius 1 is 1.39 bits per heavy atom. The SMILES string of the molecule is CS(=O)(=O)C(C#N)(CF)C/C=C/c1ccccc1. The number of benzene rings is 1. The summed E-state index contributed by atoms with van der Waals surface area (Å²) in [4.78, 5) is 0. The number of halogens is 1. The number of nitriles is 1. The molecule has 1 unspecified atom stereocenters. The van der Waals surface area contributed by atoms with Crippen molar-refractivity contribution >= 4 is 15.9 Å². The van der Waals surface area contributed by atoms with Crippen molar-refractivity contribution in [2.45, 2.75) is 11.2 Å². The van der Waals surface area contributed by atoms with E-state index in [-0.39, 0.29) is 6.42 Å². The van der Waals surface area contributed by atoms with Crippen LogP contribution in [0.15, 0.2) is 36.4 Å². The van der Waals surface area contributed by atoms with Gasteiger partial charge in [0.2, 0.25) is 0 Å².